The fourth-order valence-electron chi connectivity index (χ4n) is 2.27. The van der Waals surface area contributed by atoms with Crippen LogP contribution in [-0.4, -0.2) is 23.0 Å². The highest BCUT2D eigenvalue weighted by atomic mass is 32.2. The fraction of sp³-hybridized carbons (Fsp3) is 0.786. The molecule has 1 N–H and O–H groups in total. The van der Waals surface area contributed by atoms with Crippen molar-refractivity contribution in [2.75, 3.05) is 18.1 Å². The maximum atomic E-state index is 4.89. The van der Waals surface area contributed by atoms with E-state index in [1.54, 1.807) is 0 Å². The number of nitrogens with one attached hydrogen (secondary N) is 1. The van der Waals surface area contributed by atoms with Crippen molar-refractivity contribution >= 4 is 23.1 Å². The summed E-state index contributed by atoms with van der Waals surface area (Å²) in [4.78, 5) is 4.89. The van der Waals surface area contributed by atoms with Crippen LogP contribution in [0.3, 0.4) is 0 Å². The summed E-state index contributed by atoms with van der Waals surface area (Å²) in [6, 6.07) is 0.464. The lowest BCUT2D eigenvalue weighted by Crippen LogP contribution is -2.28. The molecule has 1 aromatic heterocycles. The molecule has 2 unspecified atom stereocenters. The van der Waals surface area contributed by atoms with Gasteiger partial charge in [-0.05, 0) is 30.4 Å². The van der Waals surface area contributed by atoms with Gasteiger partial charge in [-0.1, -0.05) is 27.7 Å². The Morgan fingerprint density at radius 1 is 1.50 bits per heavy atom. The van der Waals surface area contributed by atoms with Gasteiger partial charge in [-0.2, -0.15) is 11.8 Å². The number of aromatic nitrogens is 1. The number of thiazole rings is 1. The van der Waals surface area contributed by atoms with Gasteiger partial charge in [0.05, 0.1) is 11.7 Å². The van der Waals surface area contributed by atoms with Gasteiger partial charge < -0.3 is 5.32 Å². The van der Waals surface area contributed by atoms with Crippen molar-refractivity contribution in [3.8, 4) is 0 Å². The Balaban J connectivity index is 2.17. The van der Waals surface area contributed by atoms with E-state index in [1.165, 1.54) is 28.6 Å². The molecule has 2 nitrogen and oxygen atoms in total. The van der Waals surface area contributed by atoms with Crippen LogP contribution in [0, 0.1) is 5.92 Å². The summed E-state index contributed by atoms with van der Waals surface area (Å²) in [5, 5.41) is 7.16. The third-order valence-corrected chi connectivity index (χ3v) is 5.53. The van der Waals surface area contributed by atoms with E-state index in [0.717, 1.165) is 12.5 Å². The van der Waals surface area contributed by atoms with E-state index in [2.05, 4.69) is 50.2 Å². The molecule has 1 saturated heterocycles. The first-order valence-electron chi connectivity index (χ1n) is 6.79. The van der Waals surface area contributed by atoms with Crippen molar-refractivity contribution in [3.63, 3.8) is 0 Å². The smallest absolute Gasteiger partial charge is 0.110 e. The molecule has 0 bridgehead atoms. The second-order valence-corrected chi connectivity index (χ2v) is 8.02. The number of rotatable bonds is 4. The lowest BCUT2D eigenvalue weighted by Gasteiger charge is -2.22. The molecular formula is C14H24N2S2. The molecule has 2 atom stereocenters. The van der Waals surface area contributed by atoms with Crippen LogP contribution in [0.25, 0.3) is 0 Å². The van der Waals surface area contributed by atoms with Crippen LogP contribution in [0.1, 0.15) is 50.9 Å². The molecule has 4 heteroatoms. The second kappa shape index (κ2) is 5.93. The average molecular weight is 284 g/mol. The van der Waals surface area contributed by atoms with Crippen molar-refractivity contribution in [2.45, 2.75) is 45.6 Å². The zero-order valence-electron chi connectivity index (χ0n) is 11.8. The summed E-state index contributed by atoms with van der Waals surface area (Å²) in [5.41, 5.74) is 1.40. The molecule has 102 valence electrons. The van der Waals surface area contributed by atoms with Gasteiger partial charge >= 0.3 is 0 Å². The molecule has 2 heterocycles. The van der Waals surface area contributed by atoms with Crippen LogP contribution in [0.5, 0.6) is 0 Å². The second-order valence-electron chi connectivity index (χ2n) is 5.98. The molecule has 2 rings (SSSR count). The molecule has 18 heavy (non-hydrogen) atoms. The van der Waals surface area contributed by atoms with E-state index in [9.17, 15) is 0 Å². The molecule has 1 aliphatic rings. The Hall–Kier alpha value is -0.0600. The quantitative estimate of drug-likeness (QED) is 0.909. The molecule has 0 spiro atoms. The standard InChI is InChI=1S/C14H24N2S2/c1-5-15-12(10-6-7-17-8-10)13-16-11(9-18-13)14(2,3)4/h9-10,12,15H,5-8H2,1-4H3. The maximum absolute atomic E-state index is 4.89. The Kier molecular flexibility index (Phi) is 4.73. The van der Waals surface area contributed by atoms with Gasteiger partial charge in [-0.3, -0.25) is 0 Å². The summed E-state index contributed by atoms with van der Waals surface area (Å²) >= 11 is 3.91. The number of nitrogens with zero attached hydrogens (tertiary/aromatic N) is 1. The van der Waals surface area contributed by atoms with E-state index >= 15 is 0 Å². The topological polar surface area (TPSA) is 24.9 Å². The predicted octanol–water partition coefficient (Wildman–Crippen LogP) is 3.84. The highest BCUT2D eigenvalue weighted by molar-refractivity contribution is 7.99. The van der Waals surface area contributed by atoms with Gasteiger partial charge in [0.15, 0.2) is 0 Å². The Bertz CT molecular complexity index is 375. The van der Waals surface area contributed by atoms with E-state index < -0.39 is 0 Å². The molecule has 1 fully saturated rings. The summed E-state index contributed by atoms with van der Waals surface area (Å²) in [7, 11) is 0. The van der Waals surface area contributed by atoms with Crippen molar-refractivity contribution < 1.29 is 0 Å². The zero-order valence-corrected chi connectivity index (χ0v) is 13.5. The lowest BCUT2D eigenvalue weighted by atomic mass is 9.93. The van der Waals surface area contributed by atoms with Gasteiger partial charge in [0.1, 0.15) is 5.01 Å². The highest BCUT2D eigenvalue weighted by Crippen LogP contribution is 2.36. The first-order chi connectivity index (χ1) is 8.52. The molecule has 0 radical (unpaired) electrons. The van der Waals surface area contributed by atoms with Crippen LogP contribution in [0.15, 0.2) is 5.38 Å². The average Bonchev–Trinajstić information content (AvgIpc) is 2.96. The molecular weight excluding hydrogens is 260 g/mol. The van der Waals surface area contributed by atoms with Crippen LogP contribution in [0.4, 0.5) is 0 Å². The normalized spacial score (nSPS) is 22.3. The van der Waals surface area contributed by atoms with Gasteiger partial charge in [-0.25, -0.2) is 4.98 Å². The SMILES string of the molecule is CCNC(c1nc(C(C)(C)C)cs1)C1CCSC1. The number of hydrogen-bond donors (Lipinski definition) is 1. The number of hydrogen-bond acceptors (Lipinski definition) is 4. The van der Waals surface area contributed by atoms with Gasteiger partial charge in [0, 0.05) is 10.8 Å². The molecule has 0 aliphatic carbocycles. The zero-order chi connectivity index (χ0) is 13.2. The first-order valence-corrected chi connectivity index (χ1v) is 8.83. The van der Waals surface area contributed by atoms with E-state index in [0.29, 0.717) is 6.04 Å². The monoisotopic (exact) mass is 284 g/mol. The van der Waals surface area contributed by atoms with Gasteiger partial charge in [0.25, 0.3) is 0 Å². The van der Waals surface area contributed by atoms with Crippen molar-refractivity contribution in [1.29, 1.82) is 0 Å². The van der Waals surface area contributed by atoms with Crippen LogP contribution < -0.4 is 5.32 Å². The van der Waals surface area contributed by atoms with Crippen LogP contribution >= 0.6 is 23.1 Å². The summed E-state index contributed by atoms with van der Waals surface area (Å²) in [6.07, 6.45) is 1.33. The van der Waals surface area contributed by atoms with E-state index in [1.807, 2.05) is 11.3 Å². The van der Waals surface area contributed by atoms with E-state index in [-0.39, 0.29) is 5.41 Å². The minimum atomic E-state index is 0.163. The van der Waals surface area contributed by atoms with Gasteiger partial charge in [0.2, 0.25) is 0 Å². The first kappa shape index (κ1) is 14.4. The molecule has 1 aromatic rings. The van der Waals surface area contributed by atoms with Gasteiger partial charge in [-0.15, -0.1) is 11.3 Å². The molecule has 1 aliphatic heterocycles. The molecule has 0 amide bonds. The number of thioether (sulfide) groups is 1. The summed E-state index contributed by atoms with van der Waals surface area (Å²) in [6.45, 7) is 9.92. The van der Waals surface area contributed by atoms with Crippen molar-refractivity contribution in [1.82, 2.24) is 10.3 Å². The van der Waals surface area contributed by atoms with E-state index in [4.69, 9.17) is 4.98 Å². The Morgan fingerprint density at radius 3 is 2.78 bits per heavy atom. The van der Waals surface area contributed by atoms with Crippen molar-refractivity contribution in [3.05, 3.63) is 16.1 Å². The van der Waals surface area contributed by atoms with Crippen LogP contribution in [0.2, 0.25) is 0 Å². The minimum Gasteiger partial charge on any atom is -0.308 e. The minimum absolute atomic E-state index is 0.163. The predicted molar refractivity (Wildman–Crippen MR) is 82.7 cm³/mol. The Morgan fingerprint density at radius 2 is 2.28 bits per heavy atom. The fourth-order valence-corrected chi connectivity index (χ4v) is 4.78. The maximum Gasteiger partial charge on any atom is 0.110 e. The molecule has 0 aromatic carbocycles. The Labute approximate surface area is 119 Å². The summed E-state index contributed by atoms with van der Waals surface area (Å²) < 4.78 is 0. The van der Waals surface area contributed by atoms with Crippen molar-refractivity contribution in [2.24, 2.45) is 5.92 Å². The largest absolute Gasteiger partial charge is 0.308 e. The lowest BCUT2D eigenvalue weighted by molar-refractivity contribution is 0.398. The highest BCUT2D eigenvalue weighted by Gasteiger charge is 2.29. The van der Waals surface area contributed by atoms with Crippen LogP contribution in [-0.2, 0) is 5.41 Å². The summed E-state index contributed by atoms with van der Waals surface area (Å²) in [5.74, 6) is 3.35. The third-order valence-electron chi connectivity index (χ3n) is 3.42. The third kappa shape index (κ3) is 3.28. The molecule has 0 saturated carbocycles.